The van der Waals surface area contributed by atoms with E-state index in [4.69, 9.17) is 23.5 Å². The maximum Gasteiger partial charge on any atom is 0.276 e. The van der Waals surface area contributed by atoms with Crippen LogP contribution in [0.5, 0.6) is 17.2 Å². The summed E-state index contributed by atoms with van der Waals surface area (Å²) in [4.78, 5) is 15.2. The van der Waals surface area contributed by atoms with Crippen LogP contribution in [0.2, 0.25) is 0 Å². The minimum Gasteiger partial charge on any atom is -0.493 e. The molecule has 33 heavy (non-hydrogen) atoms. The van der Waals surface area contributed by atoms with Gasteiger partial charge in [0.15, 0.2) is 23.0 Å². The van der Waals surface area contributed by atoms with Crippen molar-refractivity contribution in [1.29, 1.82) is 0 Å². The maximum absolute atomic E-state index is 13.5. The number of nitrogens with zero attached hydrogens (tertiary/aromatic N) is 2. The van der Waals surface area contributed by atoms with Crippen molar-refractivity contribution < 1.29 is 28.3 Å². The van der Waals surface area contributed by atoms with Gasteiger partial charge < -0.3 is 28.4 Å². The molecule has 0 radical (unpaired) electrons. The molecule has 0 N–H and O–H groups in total. The van der Waals surface area contributed by atoms with Crippen LogP contribution in [-0.4, -0.2) is 56.5 Å². The molecule has 1 fully saturated rings. The van der Waals surface area contributed by atoms with E-state index in [-0.39, 0.29) is 17.7 Å². The standard InChI is InChI=1S/C25H28N2O6/c1-29-22-12-17(13-23(30-2)24(22)31-3)15-27(16-19-10-7-11-32-19)25(28)20-14-21(33-26-20)18-8-5-4-6-9-18/h4-6,8-9,12-14,19H,7,10-11,15-16H2,1-3H3/t19-/m0/s1. The molecule has 0 unspecified atom stereocenters. The van der Waals surface area contributed by atoms with Gasteiger partial charge in [0, 0.05) is 31.3 Å². The summed E-state index contributed by atoms with van der Waals surface area (Å²) in [6.07, 6.45) is 1.88. The number of methoxy groups -OCH3 is 3. The molecule has 1 aliphatic rings. The zero-order chi connectivity index (χ0) is 23.2. The molecule has 1 saturated heterocycles. The van der Waals surface area contributed by atoms with Crippen LogP contribution >= 0.6 is 0 Å². The SMILES string of the molecule is COc1cc(CN(C[C@@H]2CCCO2)C(=O)c2cc(-c3ccccc3)on2)cc(OC)c1OC. The minimum absolute atomic E-state index is 0.0171. The highest BCUT2D eigenvalue weighted by atomic mass is 16.5. The van der Waals surface area contributed by atoms with Crippen LogP contribution in [0.1, 0.15) is 28.9 Å². The summed E-state index contributed by atoms with van der Waals surface area (Å²) in [6.45, 7) is 1.48. The third kappa shape index (κ3) is 5.12. The first-order valence-electron chi connectivity index (χ1n) is 10.8. The Morgan fingerprint density at radius 1 is 1.06 bits per heavy atom. The van der Waals surface area contributed by atoms with Crippen LogP contribution in [0.4, 0.5) is 0 Å². The summed E-state index contributed by atoms with van der Waals surface area (Å²) >= 11 is 0. The number of carbonyl (C=O) groups excluding carboxylic acids is 1. The van der Waals surface area contributed by atoms with Gasteiger partial charge in [-0.25, -0.2) is 0 Å². The van der Waals surface area contributed by atoms with Gasteiger partial charge in [-0.1, -0.05) is 35.5 Å². The molecule has 1 aliphatic heterocycles. The van der Waals surface area contributed by atoms with Crippen LogP contribution in [0.3, 0.4) is 0 Å². The van der Waals surface area contributed by atoms with Crippen LogP contribution in [0, 0.1) is 0 Å². The Morgan fingerprint density at radius 3 is 2.39 bits per heavy atom. The van der Waals surface area contributed by atoms with Gasteiger partial charge >= 0.3 is 0 Å². The van der Waals surface area contributed by atoms with Crippen molar-refractivity contribution in [3.05, 3.63) is 59.8 Å². The number of amides is 1. The first kappa shape index (κ1) is 22.7. The number of hydrogen-bond donors (Lipinski definition) is 0. The molecule has 3 aromatic rings. The first-order chi connectivity index (χ1) is 16.1. The maximum atomic E-state index is 13.5. The lowest BCUT2D eigenvalue weighted by Crippen LogP contribution is -2.37. The molecule has 4 rings (SSSR count). The summed E-state index contributed by atoms with van der Waals surface area (Å²) in [5.41, 5.74) is 1.95. The lowest BCUT2D eigenvalue weighted by molar-refractivity contribution is 0.0499. The summed E-state index contributed by atoms with van der Waals surface area (Å²) in [5, 5.41) is 4.05. The van der Waals surface area contributed by atoms with E-state index < -0.39 is 0 Å². The van der Waals surface area contributed by atoms with E-state index in [1.807, 2.05) is 42.5 Å². The summed E-state index contributed by atoms with van der Waals surface area (Å²) < 4.78 is 27.6. The highest BCUT2D eigenvalue weighted by molar-refractivity contribution is 5.93. The van der Waals surface area contributed by atoms with Gasteiger partial charge in [-0.3, -0.25) is 4.79 Å². The van der Waals surface area contributed by atoms with Gasteiger partial charge in [-0.2, -0.15) is 0 Å². The van der Waals surface area contributed by atoms with Gasteiger partial charge in [0.2, 0.25) is 5.75 Å². The smallest absolute Gasteiger partial charge is 0.276 e. The monoisotopic (exact) mass is 452 g/mol. The highest BCUT2D eigenvalue weighted by Crippen LogP contribution is 2.38. The third-order valence-electron chi connectivity index (χ3n) is 5.62. The summed E-state index contributed by atoms with van der Waals surface area (Å²) in [7, 11) is 4.69. The average molecular weight is 453 g/mol. The second kappa shape index (κ2) is 10.4. The van der Waals surface area contributed by atoms with Crippen molar-refractivity contribution in [2.75, 3.05) is 34.5 Å². The van der Waals surface area contributed by atoms with Crippen LogP contribution < -0.4 is 14.2 Å². The predicted molar refractivity (Wildman–Crippen MR) is 122 cm³/mol. The molecule has 174 valence electrons. The minimum atomic E-state index is -0.231. The van der Waals surface area contributed by atoms with Crippen LogP contribution in [-0.2, 0) is 11.3 Å². The molecule has 2 aromatic carbocycles. The Labute approximate surface area is 193 Å². The Morgan fingerprint density at radius 2 is 1.79 bits per heavy atom. The van der Waals surface area contributed by atoms with Crippen LogP contribution in [0.25, 0.3) is 11.3 Å². The predicted octanol–water partition coefficient (Wildman–Crippen LogP) is 4.19. The molecule has 1 amide bonds. The van der Waals surface area contributed by atoms with Crippen molar-refractivity contribution in [2.24, 2.45) is 0 Å². The quantitative estimate of drug-likeness (QED) is 0.481. The van der Waals surface area contributed by atoms with E-state index in [0.717, 1.165) is 24.0 Å². The second-order valence-electron chi connectivity index (χ2n) is 7.80. The number of aromatic nitrogens is 1. The van der Waals surface area contributed by atoms with Crippen molar-refractivity contribution in [2.45, 2.75) is 25.5 Å². The van der Waals surface area contributed by atoms with Crippen molar-refractivity contribution in [3.8, 4) is 28.6 Å². The number of rotatable bonds is 9. The first-order valence-corrected chi connectivity index (χ1v) is 10.8. The number of carbonyl (C=O) groups is 1. The second-order valence-corrected chi connectivity index (χ2v) is 7.80. The molecule has 0 saturated carbocycles. The fourth-order valence-electron chi connectivity index (χ4n) is 3.98. The Kier molecular flexibility index (Phi) is 7.14. The van der Waals surface area contributed by atoms with E-state index in [9.17, 15) is 4.79 Å². The van der Waals surface area contributed by atoms with E-state index in [1.165, 1.54) is 0 Å². The zero-order valence-electron chi connectivity index (χ0n) is 19.1. The molecule has 8 heteroatoms. The van der Waals surface area contributed by atoms with Crippen molar-refractivity contribution >= 4 is 5.91 Å². The molecule has 0 aliphatic carbocycles. The summed E-state index contributed by atoms with van der Waals surface area (Å²) in [5.74, 6) is 1.88. The lowest BCUT2D eigenvalue weighted by atomic mass is 10.1. The molecule has 1 aromatic heterocycles. The Hall–Kier alpha value is -3.52. The Bertz CT molecular complexity index is 1050. The molecular formula is C25H28N2O6. The zero-order valence-corrected chi connectivity index (χ0v) is 19.1. The lowest BCUT2D eigenvalue weighted by Gasteiger charge is -2.25. The third-order valence-corrected chi connectivity index (χ3v) is 5.62. The molecular weight excluding hydrogens is 424 g/mol. The molecule has 0 spiro atoms. The van der Waals surface area contributed by atoms with Gasteiger partial charge in [-0.05, 0) is 30.5 Å². The molecule has 2 heterocycles. The molecule has 1 atom stereocenters. The number of hydrogen-bond acceptors (Lipinski definition) is 7. The fraction of sp³-hybridized carbons (Fsp3) is 0.360. The van der Waals surface area contributed by atoms with Gasteiger partial charge in [0.1, 0.15) is 0 Å². The van der Waals surface area contributed by atoms with Crippen LogP contribution in [0.15, 0.2) is 53.1 Å². The van der Waals surface area contributed by atoms with E-state index >= 15 is 0 Å². The normalized spacial score (nSPS) is 15.3. The van der Waals surface area contributed by atoms with E-state index in [1.54, 1.807) is 32.3 Å². The van der Waals surface area contributed by atoms with E-state index in [0.29, 0.717) is 42.7 Å². The van der Waals surface area contributed by atoms with Gasteiger partial charge in [0.05, 0.1) is 27.4 Å². The highest BCUT2D eigenvalue weighted by Gasteiger charge is 2.27. The number of ether oxygens (including phenoxy) is 4. The van der Waals surface area contributed by atoms with E-state index in [2.05, 4.69) is 5.16 Å². The number of benzene rings is 2. The largest absolute Gasteiger partial charge is 0.493 e. The van der Waals surface area contributed by atoms with Crippen molar-refractivity contribution in [1.82, 2.24) is 10.1 Å². The summed E-state index contributed by atoms with van der Waals surface area (Å²) in [6, 6.07) is 14.9. The average Bonchev–Trinajstić information content (AvgIpc) is 3.55. The fourth-order valence-corrected chi connectivity index (χ4v) is 3.98. The molecule has 0 bridgehead atoms. The molecule has 8 nitrogen and oxygen atoms in total. The van der Waals surface area contributed by atoms with Crippen molar-refractivity contribution in [3.63, 3.8) is 0 Å². The Balaban J connectivity index is 1.62. The topological polar surface area (TPSA) is 83.3 Å². The van der Waals surface area contributed by atoms with Gasteiger partial charge in [0.25, 0.3) is 5.91 Å². The van der Waals surface area contributed by atoms with Gasteiger partial charge in [-0.15, -0.1) is 0 Å².